The monoisotopic (exact) mass is 404 g/mol. The Morgan fingerprint density at radius 1 is 1.08 bits per heavy atom. The van der Waals surface area contributed by atoms with Crippen LogP contribution in [0.5, 0.6) is 0 Å². The highest BCUT2D eigenvalue weighted by atomic mass is 35.5. The number of Topliss-reactive ketones (excluding diaryl/α,β-unsaturated/α-hetero) is 2. The van der Waals surface area contributed by atoms with Gasteiger partial charge in [0, 0.05) is 13.0 Å². The molecule has 0 spiro atoms. The van der Waals surface area contributed by atoms with Crippen LogP contribution in [0.4, 0.5) is 0 Å². The molecule has 0 unspecified atom stereocenters. The summed E-state index contributed by atoms with van der Waals surface area (Å²) in [4.78, 5) is 32.6. The summed E-state index contributed by atoms with van der Waals surface area (Å²) in [5, 5.41) is 9.63. The molecule has 8 heteroatoms. The number of hydrogen-bond acceptors (Lipinski definition) is 4. The third-order valence-corrected chi connectivity index (χ3v) is 5.70. The summed E-state index contributed by atoms with van der Waals surface area (Å²) in [5.41, 5.74) is 1.08. The van der Waals surface area contributed by atoms with E-state index in [1.54, 1.807) is 0 Å². The number of rotatable bonds is 13. The first-order chi connectivity index (χ1) is 11.9. The normalized spacial score (nSPS) is 11.3. The number of halogens is 2. The van der Waals surface area contributed by atoms with Gasteiger partial charge >= 0.3 is 5.97 Å². The van der Waals surface area contributed by atoms with E-state index in [0.717, 1.165) is 18.4 Å². The highest BCUT2D eigenvalue weighted by Gasteiger charge is 2.15. The molecule has 0 aliphatic rings. The molecular formula is C17H22Cl2O5Si. The van der Waals surface area contributed by atoms with Crippen molar-refractivity contribution in [2.45, 2.75) is 43.2 Å². The Kier molecular flexibility index (Phi) is 10.6. The molecule has 1 N–H and O–H groups in total. The first kappa shape index (κ1) is 21.8. The maximum absolute atomic E-state index is 11.4. The number of unbranched alkanes of at least 4 members (excludes halogenated alkanes) is 2. The molecule has 0 aromatic heterocycles. The number of benzene rings is 1. The van der Waals surface area contributed by atoms with Crippen LogP contribution in [0.3, 0.4) is 0 Å². The van der Waals surface area contributed by atoms with Crippen LogP contribution >= 0.6 is 23.2 Å². The molecule has 25 heavy (non-hydrogen) atoms. The molecule has 138 valence electrons. The van der Waals surface area contributed by atoms with Crippen LogP contribution < -0.4 is 5.19 Å². The van der Waals surface area contributed by atoms with Crippen LogP contribution in [0.2, 0.25) is 0 Å². The highest BCUT2D eigenvalue weighted by molar-refractivity contribution is 6.75. The number of aliphatic carboxylic acids is 1. The summed E-state index contributed by atoms with van der Waals surface area (Å²) in [6.45, 7) is 1.11. The number of carboxylic acids is 1. The van der Waals surface area contributed by atoms with E-state index in [1.807, 2.05) is 24.3 Å². The number of hydrogen-bond donors (Lipinski definition) is 1. The van der Waals surface area contributed by atoms with Gasteiger partial charge in [-0.25, -0.2) is 4.79 Å². The minimum atomic E-state index is -1.55. The van der Waals surface area contributed by atoms with Crippen LogP contribution in [-0.2, 0) is 25.7 Å². The molecule has 0 fully saturated rings. The second-order valence-corrected chi connectivity index (χ2v) is 10.1. The van der Waals surface area contributed by atoms with Gasteiger partial charge in [-0.1, -0.05) is 35.9 Å². The van der Waals surface area contributed by atoms with E-state index >= 15 is 0 Å². The van der Waals surface area contributed by atoms with Crippen molar-refractivity contribution in [1.82, 2.24) is 0 Å². The maximum atomic E-state index is 11.4. The lowest BCUT2D eigenvalue weighted by Crippen LogP contribution is -2.19. The van der Waals surface area contributed by atoms with E-state index in [-0.39, 0.29) is 16.7 Å². The molecule has 0 atom stereocenters. The highest BCUT2D eigenvalue weighted by Crippen LogP contribution is 2.06. The van der Waals surface area contributed by atoms with Crippen molar-refractivity contribution in [3.8, 4) is 0 Å². The number of alkyl halides is 2. The predicted octanol–water partition coefficient (Wildman–Crippen LogP) is 1.93. The Balaban J connectivity index is 2.07. The summed E-state index contributed by atoms with van der Waals surface area (Å²) in [6.07, 6.45) is 1.95. The number of carboxylic acid groups (broad SMARTS) is 1. The number of carbonyl (C=O) groups is 3. The summed E-state index contributed by atoms with van der Waals surface area (Å²) in [7, 11) is -0.636. The fraction of sp³-hybridized carbons (Fsp3) is 0.471. The van der Waals surface area contributed by atoms with Crippen molar-refractivity contribution in [3.05, 3.63) is 29.8 Å². The summed E-state index contributed by atoms with van der Waals surface area (Å²) in [5.74, 6) is -2.93. The fourth-order valence-corrected chi connectivity index (χ4v) is 4.12. The number of carbonyl (C=O) groups excluding carboxylic acids is 2. The Morgan fingerprint density at radius 2 is 1.76 bits per heavy atom. The molecule has 0 saturated heterocycles. The molecular weight excluding hydrogens is 383 g/mol. The molecule has 0 heterocycles. The van der Waals surface area contributed by atoms with Gasteiger partial charge in [0.15, 0.2) is 0 Å². The van der Waals surface area contributed by atoms with Gasteiger partial charge in [0.1, 0.15) is 5.78 Å². The Labute approximate surface area is 159 Å². The summed E-state index contributed by atoms with van der Waals surface area (Å²) in [6, 6.07) is 8.09. The van der Waals surface area contributed by atoms with Crippen LogP contribution in [-0.4, -0.2) is 43.2 Å². The van der Waals surface area contributed by atoms with E-state index < -0.39 is 27.7 Å². The topological polar surface area (TPSA) is 80.7 Å². The maximum Gasteiger partial charge on any atom is 0.372 e. The summed E-state index contributed by atoms with van der Waals surface area (Å²) >= 11 is 11.6. The quantitative estimate of drug-likeness (QED) is 0.178. The Hall–Kier alpha value is -1.21. The van der Waals surface area contributed by atoms with Gasteiger partial charge in [-0.3, -0.25) is 9.59 Å². The molecule has 0 bridgehead atoms. The Morgan fingerprint density at radius 3 is 2.36 bits per heavy atom. The first-order valence-electron chi connectivity index (χ1n) is 8.10. The lowest BCUT2D eigenvalue weighted by Gasteiger charge is -2.06. The molecule has 1 aromatic rings. The minimum absolute atomic E-state index is 0.229. The molecule has 0 aliphatic heterocycles. The zero-order valence-electron chi connectivity index (χ0n) is 13.9. The van der Waals surface area contributed by atoms with E-state index in [1.165, 1.54) is 5.19 Å². The van der Waals surface area contributed by atoms with Crippen molar-refractivity contribution in [3.63, 3.8) is 0 Å². The SMILES string of the molecule is O=C(CCCCCOCc1ccc([SiH2]C(Cl)Cl)cc1)CC(=O)C(=O)O. The van der Waals surface area contributed by atoms with Crippen molar-refractivity contribution in [2.75, 3.05) is 6.61 Å². The lowest BCUT2D eigenvalue weighted by atomic mass is 10.1. The van der Waals surface area contributed by atoms with Gasteiger partial charge in [0.2, 0.25) is 5.78 Å². The standard InChI is InChI=1S/C17H22Cl2O5Si/c18-17(19)25-14-7-5-12(6-8-14)11-24-9-3-1-2-4-13(20)10-15(21)16(22)23/h5-8,17H,1-4,9-11,25H2,(H,22,23). The number of ether oxygens (including phenoxy) is 1. The second kappa shape index (κ2) is 12.2. The van der Waals surface area contributed by atoms with E-state index in [0.29, 0.717) is 19.6 Å². The smallest absolute Gasteiger partial charge is 0.372 e. The van der Waals surface area contributed by atoms with Gasteiger partial charge in [-0.15, -0.1) is 23.2 Å². The molecule has 0 saturated carbocycles. The average Bonchev–Trinajstić information content (AvgIpc) is 2.54. The largest absolute Gasteiger partial charge is 0.475 e. The second-order valence-electron chi connectivity index (χ2n) is 5.72. The van der Waals surface area contributed by atoms with Crippen LogP contribution in [0.15, 0.2) is 24.3 Å². The predicted molar refractivity (Wildman–Crippen MR) is 101 cm³/mol. The lowest BCUT2D eigenvalue weighted by molar-refractivity contribution is -0.150. The third-order valence-electron chi connectivity index (χ3n) is 3.52. The molecule has 1 rings (SSSR count). The molecule has 0 radical (unpaired) electrons. The van der Waals surface area contributed by atoms with E-state index in [4.69, 9.17) is 33.0 Å². The van der Waals surface area contributed by atoms with Gasteiger partial charge < -0.3 is 9.84 Å². The Bertz CT molecular complexity index is 575. The van der Waals surface area contributed by atoms with Crippen molar-refractivity contribution >= 4 is 55.4 Å². The molecule has 5 nitrogen and oxygen atoms in total. The van der Waals surface area contributed by atoms with E-state index in [2.05, 4.69) is 0 Å². The van der Waals surface area contributed by atoms with Crippen molar-refractivity contribution in [1.29, 1.82) is 0 Å². The van der Waals surface area contributed by atoms with Gasteiger partial charge in [-0.05, 0) is 18.4 Å². The van der Waals surface area contributed by atoms with Gasteiger partial charge in [0.05, 0.1) is 27.0 Å². The van der Waals surface area contributed by atoms with Crippen LogP contribution in [0.25, 0.3) is 0 Å². The zero-order valence-corrected chi connectivity index (χ0v) is 16.8. The zero-order chi connectivity index (χ0) is 18.7. The third kappa shape index (κ3) is 10.4. The number of ketones is 2. The van der Waals surface area contributed by atoms with Crippen LogP contribution in [0, 0.1) is 0 Å². The molecule has 0 amide bonds. The minimum Gasteiger partial charge on any atom is -0.475 e. The van der Waals surface area contributed by atoms with Crippen molar-refractivity contribution < 1.29 is 24.2 Å². The van der Waals surface area contributed by atoms with Gasteiger partial charge in [-0.2, -0.15) is 0 Å². The van der Waals surface area contributed by atoms with Crippen molar-refractivity contribution in [2.24, 2.45) is 0 Å². The fourth-order valence-electron chi connectivity index (χ4n) is 2.19. The van der Waals surface area contributed by atoms with Gasteiger partial charge in [0.25, 0.3) is 0 Å². The molecule has 0 aliphatic carbocycles. The summed E-state index contributed by atoms with van der Waals surface area (Å²) < 4.78 is 5.32. The average molecular weight is 405 g/mol. The van der Waals surface area contributed by atoms with Crippen LogP contribution in [0.1, 0.15) is 37.7 Å². The first-order valence-corrected chi connectivity index (χ1v) is 10.5. The van der Waals surface area contributed by atoms with E-state index in [9.17, 15) is 14.4 Å². The molecule has 1 aromatic carbocycles.